The Balaban J connectivity index is 1.51. The predicted octanol–water partition coefficient (Wildman–Crippen LogP) is 3.61. The van der Waals surface area contributed by atoms with E-state index in [9.17, 15) is 4.79 Å². The van der Waals surface area contributed by atoms with Crippen LogP contribution in [0.5, 0.6) is 11.5 Å². The molecule has 0 radical (unpaired) electrons. The number of hydrogen-bond donors (Lipinski definition) is 0. The van der Waals surface area contributed by atoms with E-state index in [1.165, 1.54) is 0 Å². The third-order valence-electron chi connectivity index (χ3n) is 4.47. The molecule has 118 valence electrons. The van der Waals surface area contributed by atoms with Gasteiger partial charge in [-0.05, 0) is 50.8 Å². The number of rotatable bonds is 4. The van der Waals surface area contributed by atoms with Gasteiger partial charge in [0.2, 0.25) is 12.7 Å². The molecule has 0 spiro atoms. The van der Waals surface area contributed by atoms with E-state index >= 15 is 0 Å². The number of benzene rings is 1. The van der Waals surface area contributed by atoms with Crippen LogP contribution in [0.1, 0.15) is 45.1 Å². The Hall–Kier alpha value is -1.97. The van der Waals surface area contributed by atoms with Crippen molar-refractivity contribution in [3.05, 3.63) is 29.8 Å². The van der Waals surface area contributed by atoms with Crippen molar-refractivity contribution in [3.8, 4) is 11.5 Å². The molecule has 0 aromatic heterocycles. The third kappa shape index (κ3) is 3.11. The number of fused-ring (bicyclic) bond motifs is 1. The van der Waals surface area contributed by atoms with E-state index in [1.54, 1.807) is 0 Å². The van der Waals surface area contributed by atoms with Crippen molar-refractivity contribution in [2.75, 3.05) is 6.79 Å². The summed E-state index contributed by atoms with van der Waals surface area (Å²) in [5, 5.41) is 0. The van der Waals surface area contributed by atoms with Crippen molar-refractivity contribution in [2.24, 2.45) is 0 Å². The lowest BCUT2D eigenvalue weighted by molar-refractivity contribution is -0.133. The average Bonchev–Trinajstić information content (AvgIpc) is 3.09. The van der Waals surface area contributed by atoms with Crippen molar-refractivity contribution < 1.29 is 14.3 Å². The molecule has 0 bridgehead atoms. The first kappa shape index (κ1) is 14.9. The number of hydrogen-bond acceptors (Lipinski definition) is 3. The minimum Gasteiger partial charge on any atom is -0.454 e. The van der Waals surface area contributed by atoms with Crippen molar-refractivity contribution in [2.45, 2.75) is 51.6 Å². The molecular formula is C18H23NO3. The quantitative estimate of drug-likeness (QED) is 0.853. The second-order valence-corrected chi connectivity index (χ2v) is 6.13. The maximum atomic E-state index is 12.3. The largest absolute Gasteiger partial charge is 0.454 e. The highest BCUT2D eigenvalue weighted by Gasteiger charge is 2.30. The second kappa shape index (κ2) is 6.42. The van der Waals surface area contributed by atoms with Crippen LogP contribution in [0.2, 0.25) is 0 Å². The molecule has 3 rings (SSSR count). The van der Waals surface area contributed by atoms with E-state index in [0.29, 0.717) is 25.3 Å². The summed E-state index contributed by atoms with van der Waals surface area (Å²) in [7, 11) is 0. The predicted molar refractivity (Wildman–Crippen MR) is 85.8 cm³/mol. The van der Waals surface area contributed by atoms with E-state index in [2.05, 4.69) is 24.8 Å². The first-order chi connectivity index (χ1) is 10.6. The van der Waals surface area contributed by atoms with Gasteiger partial charge in [-0.15, -0.1) is 0 Å². The van der Waals surface area contributed by atoms with Gasteiger partial charge < -0.3 is 14.4 Å². The number of ether oxygens (including phenoxy) is 2. The molecule has 0 unspecified atom stereocenters. The zero-order chi connectivity index (χ0) is 15.5. The number of nitrogens with zero attached hydrogens (tertiary/aromatic N) is 1. The molecule has 22 heavy (non-hydrogen) atoms. The lowest BCUT2D eigenvalue weighted by atomic mass is 10.1. The second-order valence-electron chi connectivity index (χ2n) is 6.13. The van der Waals surface area contributed by atoms with Crippen LogP contribution in [0.3, 0.4) is 0 Å². The Morgan fingerprint density at radius 2 is 1.95 bits per heavy atom. The summed E-state index contributed by atoms with van der Waals surface area (Å²) in [6.07, 6.45) is 7.69. The summed E-state index contributed by atoms with van der Waals surface area (Å²) < 4.78 is 10.6. The molecule has 0 saturated carbocycles. The van der Waals surface area contributed by atoms with E-state index in [4.69, 9.17) is 9.47 Å². The zero-order valence-corrected chi connectivity index (χ0v) is 13.2. The van der Waals surface area contributed by atoms with Gasteiger partial charge >= 0.3 is 0 Å². The lowest BCUT2D eigenvalue weighted by Crippen LogP contribution is -2.38. The molecule has 2 heterocycles. The maximum absolute atomic E-state index is 12.3. The summed E-state index contributed by atoms with van der Waals surface area (Å²) in [4.78, 5) is 14.3. The first-order valence-electron chi connectivity index (χ1n) is 8.02. The Morgan fingerprint density at radius 1 is 1.23 bits per heavy atom. The van der Waals surface area contributed by atoms with Gasteiger partial charge in [0.1, 0.15) is 0 Å². The summed E-state index contributed by atoms with van der Waals surface area (Å²) in [5.41, 5.74) is 1.07. The van der Waals surface area contributed by atoms with Crippen molar-refractivity contribution >= 4 is 12.0 Å². The van der Waals surface area contributed by atoms with E-state index < -0.39 is 0 Å². The maximum Gasteiger partial charge on any atom is 0.231 e. The van der Waals surface area contributed by atoms with Crippen molar-refractivity contribution in [3.63, 3.8) is 0 Å². The van der Waals surface area contributed by atoms with Gasteiger partial charge in [0, 0.05) is 18.5 Å². The standard InChI is InChI=1S/C18H23NO3/c1-13-7-8-14(2)19(13)18(20)6-4-3-5-15-9-10-16-17(11-15)22-12-21-16/h3,5,9-11,13-14H,4,6-8,12H2,1-2H3/b5-3+/t13-,14-/m0/s1. The molecule has 4 nitrogen and oxygen atoms in total. The number of carbonyl (C=O) groups is 1. The number of carbonyl (C=O) groups excluding carboxylic acids is 1. The van der Waals surface area contributed by atoms with Crippen LogP contribution in [0.15, 0.2) is 24.3 Å². The molecule has 0 N–H and O–H groups in total. The molecule has 1 saturated heterocycles. The fourth-order valence-electron chi connectivity index (χ4n) is 3.26. The number of amides is 1. The van der Waals surface area contributed by atoms with Crippen LogP contribution in [-0.4, -0.2) is 29.7 Å². The highest BCUT2D eigenvalue weighted by molar-refractivity contribution is 5.77. The van der Waals surface area contributed by atoms with Crippen LogP contribution in [-0.2, 0) is 4.79 Å². The third-order valence-corrected chi connectivity index (χ3v) is 4.47. The lowest BCUT2D eigenvalue weighted by Gasteiger charge is -2.26. The van der Waals surface area contributed by atoms with Gasteiger partial charge in [0.05, 0.1) is 0 Å². The summed E-state index contributed by atoms with van der Waals surface area (Å²) in [6, 6.07) is 6.66. The van der Waals surface area contributed by atoms with Crippen LogP contribution in [0, 0.1) is 0 Å². The highest BCUT2D eigenvalue weighted by Crippen LogP contribution is 2.32. The van der Waals surface area contributed by atoms with Crippen LogP contribution >= 0.6 is 0 Å². The minimum atomic E-state index is 0.271. The fraction of sp³-hybridized carbons (Fsp3) is 0.500. The number of allylic oxidation sites excluding steroid dienone is 1. The Bertz CT molecular complexity index is 572. The molecule has 2 aliphatic heterocycles. The molecule has 0 aliphatic carbocycles. The Labute approximate surface area is 131 Å². The van der Waals surface area contributed by atoms with Gasteiger partial charge in [-0.3, -0.25) is 4.79 Å². The Kier molecular flexibility index (Phi) is 4.36. The minimum absolute atomic E-state index is 0.271. The topological polar surface area (TPSA) is 38.8 Å². The zero-order valence-electron chi connectivity index (χ0n) is 13.2. The highest BCUT2D eigenvalue weighted by atomic mass is 16.7. The van der Waals surface area contributed by atoms with Gasteiger partial charge in [0.25, 0.3) is 0 Å². The monoisotopic (exact) mass is 301 g/mol. The SMILES string of the molecule is C[C@H]1CC[C@H](C)N1C(=O)CC/C=C/c1ccc2c(c1)OCO2. The molecule has 1 amide bonds. The number of likely N-dealkylation sites (tertiary alicyclic amines) is 1. The summed E-state index contributed by atoms with van der Waals surface area (Å²) in [5.74, 6) is 1.86. The van der Waals surface area contributed by atoms with Gasteiger partial charge in [-0.2, -0.15) is 0 Å². The Morgan fingerprint density at radius 3 is 2.73 bits per heavy atom. The van der Waals surface area contributed by atoms with Crippen LogP contribution < -0.4 is 9.47 Å². The van der Waals surface area contributed by atoms with E-state index in [-0.39, 0.29) is 5.91 Å². The molecule has 1 aromatic carbocycles. The fourth-order valence-corrected chi connectivity index (χ4v) is 3.26. The molecule has 1 fully saturated rings. The summed E-state index contributed by atoms with van der Waals surface area (Å²) in [6.45, 7) is 4.58. The van der Waals surface area contributed by atoms with Gasteiger partial charge in [0.15, 0.2) is 11.5 Å². The molecule has 2 aliphatic rings. The normalized spacial score (nSPS) is 23.5. The smallest absolute Gasteiger partial charge is 0.231 e. The molecule has 4 heteroatoms. The molecule has 2 atom stereocenters. The van der Waals surface area contributed by atoms with Crippen molar-refractivity contribution in [1.29, 1.82) is 0 Å². The van der Waals surface area contributed by atoms with E-state index in [0.717, 1.165) is 36.3 Å². The van der Waals surface area contributed by atoms with Crippen LogP contribution in [0.25, 0.3) is 6.08 Å². The molecular weight excluding hydrogens is 278 g/mol. The van der Waals surface area contributed by atoms with E-state index in [1.807, 2.05) is 24.3 Å². The first-order valence-corrected chi connectivity index (χ1v) is 8.02. The van der Waals surface area contributed by atoms with Crippen LogP contribution in [0.4, 0.5) is 0 Å². The van der Waals surface area contributed by atoms with Gasteiger partial charge in [-0.1, -0.05) is 18.2 Å². The van der Waals surface area contributed by atoms with Crippen molar-refractivity contribution in [1.82, 2.24) is 4.90 Å². The average molecular weight is 301 g/mol. The summed E-state index contributed by atoms with van der Waals surface area (Å²) >= 11 is 0. The molecule has 1 aromatic rings. The van der Waals surface area contributed by atoms with Gasteiger partial charge in [-0.25, -0.2) is 0 Å².